The van der Waals surface area contributed by atoms with Crippen molar-refractivity contribution in [1.29, 1.82) is 0 Å². The lowest BCUT2D eigenvalue weighted by atomic mass is 10.2. The average molecular weight is 365 g/mol. The third kappa shape index (κ3) is 4.99. The summed E-state index contributed by atoms with van der Waals surface area (Å²) in [6.07, 6.45) is 0. The Morgan fingerprint density at radius 1 is 1.00 bits per heavy atom. The SMILES string of the molecule is NS(=O)(=O)N(NNC(=S)NC(=O)c1ccccc1)c1ccccc1. The van der Waals surface area contributed by atoms with E-state index in [-0.39, 0.29) is 10.8 Å². The van der Waals surface area contributed by atoms with E-state index in [1.54, 1.807) is 48.5 Å². The van der Waals surface area contributed by atoms with E-state index in [1.165, 1.54) is 12.1 Å². The number of nitrogens with two attached hydrogens (primary N) is 1. The number of anilines is 1. The van der Waals surface area contributed by atoms with Gasteiger partial charge in [-0.1, -0.05) is 36.4 Å². The maximum Gasteiger partial charge on any atom is 0.314 e. The van der Waals surface area contributed by atoms with Gasteiger partial charge in [0.05, 0.1) is 5.69 Å². The lowest BCUT2D eigenvalue weighted by molar-refractivity contribution is 0.0976. The zero-order chi connectivity index (χ0) is 17.6. The molecule has 0 saturated carbocycles. The summed E-state index contributed by atoms with van der Waals surface area (Å²) in [5, 5.41) is 7.45. The number of hydrazine groups is 2. The molecule has 8 nitrogen and oxygen atoms in total. The second-order valence-electron chi connectivity index (χ2n) is 4.53. The molecule has 0 unspecified atom stereocenters. The van der Waals surface area contributed by atoms with Crippen LogP contribution in [0.4, 0.5) is 5.69 Å². The Morgan fingerprint density at radius 2 is 1.54 bits per heavy atom. The first-order valence-corrected chi connectivity index (χ1v) is 8.59. The molecule has 0 radical (unpaired) electrons. The molecule has 0 aliphatic rings. The molecule has 0 fully saturated rings. The van der Waals surface area contributed by atoms with E-state index >= 15 is 0 Å². The molecule has 24 heavy (non-hydrogen) atoms. The van der Waals surface area contributed by atoms with Crippen molar-refractivity contribution in [2.75, 3.05) is 4.41 Å². The molecule has 5 N–H and O–H groups in total. The molecule has 0 aromatic heterocycles. The fourth-order valence-electron chi connectivity index (χ4n) is 1.74. The van der Waals surface area contributed by atoms with Gasteiger partial charge in [-0.2, -0.15) is 12.8 Å². The van der Waals surface area contributed by atoms with Crippen LogP contribution in [0.25, 0.3) is 0 Å². The molecule has 0 heterocycles. The Balaban J connectivity index is 1.99. The molecule has 0 aliphatic heterocycles. The van der Waals surface area contributed by atoms with Crippen molar-refractivity contribution in [2.24, 2.45) is 5.14 Å². The van der Waals surface area contributed by atoms with Crippen molar-refractivity contribution >= 4 is 39.1 Å². The van der Waals surface area contributed by atoms with E-state index in [9.17, 15) is 13.2 Å². The highest BCUT2D eigenvalue weighted by atomic mass is 32.2. The average Bonchev–Trinajstić information content (AvgIpc) is 2.55. The highest BCUT2D eigenvalue weighted by molar-refractivity contribution is 7.90. The van der Waals surface area contributed by atoms with Gasteiger partial charge in [0.25, 0.3) is 5.91 Å². The Labute approximate surface area is 144 Å². The summed E-state index contributed by atoms with van der Waals surface area (Å²) < 4.78 is 24.0. The van der Waals surface area contributed by atoms with E-state index in [4.69, 9.17) is 17.4 Å². The minimum absolute atomic E-state index is 0.117. The number of hydrogen-bond donors (Lipinski definition) is 4. The van der Waals surface area contributed by atoms with Crippen molar-refractivity contribution < 1.29 is 13.2 Å². The molecule has 0 saturated heterocycles. The molecular formula is C14H15N5O3S2. The van der Waals surface area contributed by atoms with Gasteiger partial charge in [0, 0.05) is 5.56 Å². The van der Waals surface area contributed by atoms with Gasteiger partial charge in [0.1, 0.15) is 0 Å². The molecule has 0 aliphatic carbocycles. The van der Waals surface area contributed by atoms with Gasteiger partial charge >= 0.3 is 10.2 Å². The van der Waals surface area contributed by atoms with E-state index in [1.807, 2.05) is 0 Å². The summed E-state index contributed by atoms with van der Waals surface area (Å²) in [5.41, 5.74) is 5.43. The van der Waals surface area contributed by atoms with Gasteiger partial charge in [-0.3, -0.25) is 15.5 Å². The molecular weight excluding hydrogens is 350 g/mol. The normalized spacial score (nSPS) is 10.7. The molecule has 2 rings (SSSR count). The smallest absolute Gasteiger partial charge is 0.298 e. The number of nitrogens with one attached hydrogen (secondary N) is 3. The first kappa shape index (κ1) is 17.8. The zero-order valence-corrected chi connectivity index (χ0v) is 14.0. The minimum Gasteiger partial charge on any atom is -0.298 e. The lowest BCUT2D eigenvalue weighted by Gasteiger charge is -2.23. The van der Waals surface area contributed by atoms with Gasteiger partial charge in [-0.25, -0.2) is 5.14 Å². The molecule has 126 valence electrons. The number of hydrogen-bond acceptors (Lipinski definition) is 5. The summed E-state index contributed by atoms with van der Waals surface area (Å²) in [6, 6.07) is 16.5. The predicted molar refractivity (Wildman–Crippen MR) is 94.8 cm³/mol. The zero-order valence-electron chi connectivity index (χ0n) is 12.3. The van der Waals surface area contributed by atoms with Crippen LogP contribution in [-0.4, -0.2) is 19.4 Å². The van der Waals surface area contributed by atoms with Crippen LogP contribution < -0.4 is 25.8 Å². The van der Waals surface area contributed by atoms with Gasteiger partial charge in [-0.05, 0) is 36.5 Å². The number of carbonyl (C=O) groups is 1. The summed E-state index contributed by atoms with van der Waals surface area (Å²) in [6.45, 7) is 0. The van der Waals surface area contributed by atoms with Crippen LogP contribution in [-0.2, 0) is 10.2 Å². The van der Waals surface area contributed by atoms with Crippen molar-refractivity contribution in [3.05, 3.63) is 66.2 Å². The summed E-state index contributed by atoms with van der Waals surface area (Å²) in [5.74, 6) is -0.434. The fourth-order valence-corrected chi connectivity index (χ4v) is 2.46. The van der Waals surface area contributed by atoms with Crippen LogP contribution in [0.2, 0.25) is 0 Å². The van der Waals surface area contributed by atoms with Crippen LogP contribution in [0.5, 0.6) is 0 Å². The van der Waals surface area contributed by atoms with Gasteiger partial charge in [-0.15, -0.1) is 5.53 Å². The first-order valence-electron chi connectivity index (χ1n) is 6.68. The predicted octanol–water partition coefficient (Wildman–Crippen LogP) is 0.421. The van der Waals surface area contributed by atoms with E-state index in [0.717, 1.165) is 0 Å². The van der Waals surface area contributed by atoms with Gasteiger partial charge in [0.15, 0.2) is 5.11 Å². The molecule has 0 bridgehead atoms. The fraction of sp³-hybridized carbons (Fsp3) is 0. The van der Waals surface area contributed by atoms with Crippen molar-refractivity contribution in [3.63, 3.8) is 0 Å². The van der Waals surface area contributed by atoms with Crippen LogP contribution in [0.1, 0.15) is 10.4 Å². The monoisotopic (exact) mass is 365 g/mol. The topological polar surface area (TPSA) is 117 Å². The molecule has 2 aromatic carbocycles. The highest BCUT2D eigenvalue weighted by Gasteiger charge is 2.18. The molecule has 10 heteroatoms. The maximum absolute atomic E-state index is 11.9. The van der Waals surface area contributed by atoms with Crippen molar-refractivity contribution in [2.45, 2.75) is 0 Å². The van der Waals surface area contributed by atoms with Crippen LogP contribution in [0.15, 0.2) is 60.7 Å². The number of nitrogens with zero attached hydrogens (tertiary/aromatic N) is 1. The van der Waals surface area contributed by atoms with Gasteiger partial charge < -0.3 is 0 Å². The number of carbonyl (C=O) groups excluding carboxylic acids is 1. The minimum atomic E-state index is -4.11. The van der Waals surface area contributed by atoms with Crippen LogP contribution in [0.3, 0.4) is 0 Å². The summed E-state index contributed by atoms with van der Waals surface area (Å²) >= 11 is 4.95. The van der Waals surface area contributed by atoms with Crippen LogP contribution in [0, 0.1) is 0 Å². The summed E-state index contributed by atoms with van der Waals surface area (Å²) in [7, 11) is -4.11. The summed E-state index contributed by atoms with van der Waals surface area (Å²) in [4.78, 5) is 11.9. The number of benzene rings is 2. The standard InChI is InChI=1S/C14H15N5O3S2/c15-24(21,22)19(12-9-5-2-6-10-12)18-17-14(23)16-13(20)11-7-3-1-4-8-11/h1-10,18H,(H2,15,21,22)(H2,16,17,20,23). The Morgan fingerprint density at radius 3 is 2.08 bits per heavy atom. The number of para-hydroxylation sites is 1. The molecule has 0 atom stereocenters. The first-order chi connectivity index (χ1) is 11.4. The maximum atomic E-state index is 11.9. The number of amides is 1. The third-order valence-electron chi connectivity index (χ3n) is 2.78. The third-order valence-corrected chi connectivity index (χ3v) is 3.79. The van der Waals surface area contributed by atoms with E-state index < -0.39 is 16.1 Å². The molecule has 0 spiro atoms. The van der Waals surface area contributed by atoms with E-state index in [2.05, 4.69) is 16.3 Å². The van der Waals surface area contributed by atoms with Gasteiger partial charge in [0.2, 0.25) is 0 Å². The second kappa shape index (κ2) is 7.84. The lowest BCUT2D eigenvalue weighted by Crippen LogP contribution is -2.57. The number of rotatable bonds is 5. The number of thiocarbonyl (C=S) groups is 1. The Hall–Kier alpha value is -2.53. The quantitative estimate of drug-likeness (QED) is 0.451. The van der Waals surface area contributed by atoms with Crippen molar-refractivity contribution in [3.8, 4) is 0 Å². The highest BCUT2D eigenvalue weighted by Crippen LogP contribution is 2.12. The van der Waals surface area contributed by atoms with Crippen LogP contribution >= 0.6 is 12.2 Å². The molecule has 2 aromatic rings. The second-order valence-corrected chi connectivity index (χ2v) is 6.33. The Kier molecular flexibility index (Phi) is 5.82. The molecule has 1 amide bonds. The Bertz CT molecular complexity index is 813. The van der Waals surface area contributed by atoms with Crippen molar-refractivity contribution in [1.82, 2.24) is 16.3 Å². The van der Waals surface area contributed by atoms with E-state index in [0.29, 0.717) is 9.98 Å². The largest absolute Gasteiger partial charge is 0.314 e.